The summed E-state index contributed by atoms with van der Waals surface area (Å²) in [5.74, 6) is 0.598. The molecule has 98 valence electrons. The monoisotopic (exact) mass is 240 g/mol. The van der Waals surface area contributed by atoms with Gasteiger partial charge in [-0.25, -0.2) is 0 Å². The van der Waals surface area contributed by atoms with Crippen LogP contribution in [0.4, 0.5) is 0 Å². The number of amides is 1. The van der Waals surface area contributed by atoms with Crippen molar-refractivity contribution >= 4 is 5.91 Å². The molecule has 0 bridgehead atoms. The molecule has 2 aliphatic rings. The van der Waals surface area contributed by atoms with E-state index in [0.717, 1.165) is 38.6 Å². The molecule has 0 spiro atoms. The van der Waals surface area contributed by atoms with E-state index in [2.05, 4.69) is 6.92 Å². The second kappa shape index (κ2) is 4.94. The van der Waals surface area contributed by atoms with E-state index in [1.807, 2.05) is 4.90 Å². The van der Waals surface area contributed by atoms with Crippen molar-refractivity contribution < 1.29 is 9.90 Å². The smallest absolute Gasteiger partial charge is 0.230 e. The predicted octanol–water partition coefficient (Wildman–Crippen LogP) is 0.735. The van der Waals surface area contributed by atoms with Crippen molar-refractivity contribution in [2.75, 3.05) is 19.7 Å². The lowest BCUT2D eigenvalue weighted by Crippen LogP contribution is -2.50. The summed E-state index contributed by atoms with van der Waals surface area (Å²) >= 11 is 0. The largest absolute Gasteiger partial charge is 0.394 e. The number of carbonyl (C=O) groups is 1. The van der Waals surface area contributed by atoms with Crippen LogP contribution < -0.4 is 5.73 Å². The minimum Gasteiger partial charge on any atom is -0.394 e. The van der Waals surface area contributed by atoms with Gasteiger partial charge in [-0.3, -0.25) is 4.79 Å². The Balaban J connectivity index is 2.13. The fraction of sp³-hybridized carbons (Fsp3) is 0.923. The van der Waals surface area contributed by atoms with Gasteiger partial charge in [-0.2, -0.15) is 0 Å². The first-order chi connectivity index (χ1) is 8.14. The maximum absolute atomic E-state index is 12.7. The number of carbonyl (C=O) groups excluding carboxylic acids is 1. The van der Waals surface area contributed by atoms with E-state index >= 15 is 0 Å². The van der Waals surface area contributed by atoms with Gasteiger partial charge in [-0.1, -0.05) is 19.8 Å². The number of aliphatic hydroxyl groups is 1. The van der Waals surface area contributed by atoms with Gasteiger partial charge in [0.15, 0.2) is 0 Å². The highest BCUT2D eigenvalue weighted by Crippen LogP contribution is 2.40. The number of hydrogen-bond acceptors (Lipinski definition) is 3. The van der Waals surface area contributed by atoms with E-state index in [4.69, 9.17) is 5.73 Å². The lowest BCUT2D eigenvalue weighted by atomic mass is 9.84. The molecule has 3 N–H and O–H groups in total. The average molecular weight is 240 g/mol. The Bertz CT molecular complexity index is 287. The second-order valence-electron chi connectivity index (χ2n) is 5.71. The summed E-state index contributed by atoms with van der Waals surface area (Å²) in [6, 6.07) is 0.00604. The van der Waals surface area contributed by atoms with Crippen molar-refractivity contribution in [1.82, 2.24) is 4.90 Å². The molecule has 2 fully saturated rings. The molecule has 0 aromatic rings. The summed E-state index contributed by atoms with van der Waals surface area (Å²) in [6.45, 7) is 3.42. The van der Waals surface area contributed by atoms with Crippen molar-refractivity contribution in [2.45, 2.75) is 45.1 Å². The van der Waals surface area contributed by atoms with Gasteiger partial charge in [0, 0.05) is 13.1 Å². The third-order valence-electron chi connectivity index (χ3n) is 4.74. The van der Waals surface area contributed by atoms with E-state index < -0.39 is 0 Å². The first-order valence-electron chi connectivity index (χ1n) is 6.76. The van der Waals surface area contributed by atoms with Gasteiger partial charge in [-0.15, -0.1) is 0 Å². The minimum atomic E-state index is -0.322. The Kier molecular flexibility index (Phi) is 3.73. The van der Waals surface area contributed by atoms with Gasteiger partial charge in [0.1, 0.15) is 0 Å². The molecule has 1 saturated heterocycles. The highest BCUT2D eigenvalue weighted by molar-refractivity contribution is 5.84. The molecule has 1 amide bonds. The topological polar surface area (TPSA) is 66.6 Å². The van der Waals surface area contributed by atoms with Crippen LogP contribution in [0.15, 0.2) is 0 Å². The molecule has 4 heteroatoms. The lowest BCUT2D eigenvalue weighted by Gasteiger charge is -2.34. The number of nitrogens with two attached hydrogens (primary N) is 1. The van der Waals surface area contributed by atoms with E-state index in [0.29, 0.717) is 12.5 Å². The zero-order chi connectivity index (χ0) is 12.5. The molecule has 1 aliphatic heterocycles. The molecule has 2 rings (SSSR count). The van der Waals surface area contributed by atoms with Crippen molar-refractivity contribution in [1.29, 1.82) is 0 Å². The first-order valence-corrected chi connectivity index (χ1v) is 6.76. The molecule has 17 heavy (non-hydrogen) atoms. The van der Waals surface area contributed by atoms with Crippen LogP contribution in [-0.2, 0) is 4.79 Å². The summed E-state index contributed by atoms with van der Waals surface area (Å²) in [4.78, 5) is 14.5. The number of rotatable bonds is 3. The Morgan fingerprint density at radius 2 is 2.12 bits per heavy atom. The standard InChI is InChI=1S/C13H24N2O2/c1-10-4-7-15(11(10)8-16)12(17)13(9-14)5-2-3-6-13/h10-11,16H,2-9,14H2,1H3. The molecule has 0 aromatic heterocycles. The van der Waals surface area contributed by atoms with Gasteiger partial charge in [0.05, 0.1) is 18.1 Å². The maximum atomic E-state index is 12.7. The molecule has 2 unspecified atom stereocenters. The molecule has 1 heterocycles. The maximum Gasteiger partial charge on any atom is 0.230 e. The van der Waals surface area contributed by atoms with Crippen LogP contribution in [0.2, 0.25) is 0 Å². The second-order valence-corrected chi connectivity index (χ2v) is 5.71. The lowest BCUT2D eigenvalue weighted by molar-refractivity contribution is -0.143. The van der Waals surface area contributed by atoms with E-state index in [-0.39, 0.29) is 24.0 Å². The third-order valence-corrected chi connectivity index (χ3v) is 4.74. The van der Waals surface area contributed by atoms with Crippen LogP contribution in [0.3, 0.4) is 0 Å². The molecule has 4 nitrogen and oxygen atoms in total. The normalized spacial score (nSPS) is 32.1. The van der Waals surface area contributed by atoms with Crippen LogP contribution in [0.5, 0.6) is 0 Å². The molecule has 1 aliphatic carbocycles. The Morgan fingerprint density at radius 3 is 2.65 bits per heavy atom. The molecule has 0 aromatic carbocycles. The van der Waals surface area contributed by atoms with Gasteiger partial charge in [0.2, 0.25) is 5.91 Å². The number of aliphatic hydroxyl groups excluding tert-OH is 1. The zero-order valence-electron chi connectivity index (χ0n) is 10.7. The highest BCUT2D eigenvalue weighted by atomic mass is 16.3. The molecule has 2 atom stereocenters. The van der Waals surface area contributed by atoms with Crippen molar-refractivity contribution in [3.05, 3.63) is 0 Å². The van der Waals surface area contributed by atoms with Gasteiger partial charge >= 0.3 is 0 Å². The Labute approximate surface area is 103 Å². The zero-order valence-corrected chi connectivity index (χ0v) is 10.7. The average Bonchev–Trinajstić information content (AvgIpc) is 2.95. The SMILES string of the molecule is CC1CCN(C(=O)C2(CN)CCCC2)C1CO. The van der Waals surface area contributed by atoms with Crippen molar-refractivity contribution in [3.63, 3.8) is 0 Å². The Morgan fingerprint density at radius 1 is 1.47 bits per heavy atom. The number of nitrogens with zero attached hydrogens (tertiary/aromatic N) is 1. The van der Waals surface area contributed by atoms with Crippen LogP contribution in [0.1, 0.15) is 39.0 Å². The Hall–Kier alpha value is -0.610. The van der Waals surface area contributed by atoms with Crippen LogP contribution in [-0.4, -0.2) is 41.7 Å². The predicted molar refractivity (Wildman–Crippen MR) is 66.3 cm³/mol. The van der Waals surface area contributed by atoms with Crippen LogP contribution >= 0.6 is 0 Å². The van der Waals surface area contributed by atoms with E-state index in [1.165, 1.54) is 0 Å². The third kappa shape index (κ3) is 2.08. The van der Waals surface area contributed by atoms with Gasteiger partial charge in [-0.05, 0) is 25.2 Å². The summed E-state index contributed by atoms with van der Waals surface area (Å²) in [7, 11) is 0. The van der Waals surface area contributed by atoms with E-state index in [9.17, 15) is 9.90 Å². The van der Waals surface area contributed by atoms with Gasteiger partial charge < -0.3 is 15.7 Å². The first kappa shape index (κ1) is 12.8. The van der Waals surface area contributed by atoms with Gasteiger partial charge in [0.25, 0.3) is 0 Å². The summed E-state index contributed by atoms with van der Waals surface area (Å²) in [6.07, 6.45) is 5.06. The fourth-order valence-corrected chi connectivity index (χ4v) is 3.40. The molecule has 0 radical (unpaired) electrons. The molecular formula is C13H24N2O2. The van der Waals surface area contributed by atoms with Crippen LogP contribution in [0, 0.1) is 11.3 Å². The van der Waals surface area contributed by atoms with E-state index in [1.54, 1.807) is 0 Å². The molecule has 1 saturated carbocycles. The van der Waals surface area contributed by atoms with Crippen molar-refractivity contribution in [2.24, 2.45) is 17.1 Å². The highest BCUT2D eigenvalue weighted by Gasteiger charge is 2.46. The van der Waals surface area contributed by atoms with Crippen LogP contribution in [0.25, 0.3) is 0 Å². The van der Waals surface area contributed by atoms with Crippen molar-refractivity contribution in [3.8, 4) is 0 Å². The number of likely N-dealkylation sites (tertiary alicyclic amines) is 1. The minimum absolute atomic E-state index is 0.00604. The number of hydrogen-bond donors (Lipinski definition) is 2. The fourth-order valence-electron chi connectivity index (χ4n) is 3.40. The summed E-state index contributed by atoms with van der Waals surface area (Å²) in [5, 5.41) is 9.43. The summed E-state index contributed by atoms with van der Waals surface area (Å²) in [5.41, 5.74) is 5.53. The molecular weight excluding hydrogens is 216 g/mol. The quantitative estimate of drug-likeness (QED) is 0.764. The summed E-state index contributed by atoms with van der Waals surface area (Å²) < 4.78 is 0.